The van der Waals surface area contributed by atoms with E-state index in [2.05, 4.69) is 76.3 Å². The fourth-order valence-electron chi connectivity index (χ4n) is 6.36. The van der Waals surface area contributed by atoms with Gasteiger partial charge >= 0.3 is 169 Å². The van der Waals surface area contributed by atoms with Crippen molar-refractivity contribution in [2.75, 3.05) is 0 Å². The van der Waals surface area contributed by atoms with Crippen molar-refractivity contribution in [3.05, 3.63) is 80.9 Å². The maximum Gasteiger partial charge on any atom is -1.00 e. The summed E-state index contributed by atoms with van der Waals surface area (Å²) < 4.78 is 4.63. The molecule has 1 saturated heterocycles. The van der Waals surface area contributed by atoms with Crippen molar-refractivity contribution >= 4 is 12.2 Å². The van der Waals surface area contributed by atoms with Gasteiger partial charge in [0.1, 0.15) is 0 Å². The van der Waals surface area contributed by atoms with Crippen LogP contribution in [0.1, 0.15) is 64.6 Å². The number of allylic oxidation sites excluding steroid dienone is 2. The van der Waals surface area contributed by atoms with E-state index in [0.717, 1.165) is 7.25 Å². The van der Waals surface area contributed by atoms with E-state index in [9.17, 15) is 0 Å². The summed E-state index contributed by atoms with van der Waals surface area (Å²) >= 11 is -2.52. The summed E-state index contributed by atoms with van der Waals surface area (Å²) in [6.45, 7) is 9.28. The normalized spacial score (nSPS) is 21.7. The Morgan fingerprint density at radius 1 is 0.621 bits per heavy atom. The van der Waals surface area contributed by atoms with Crippen LogP contribution in [0, 0.1) is 27.7 Å². The second kappa shape index (κ2) is 8.49. The standard InChI is InChI=1S/2C11H11.C4H8.2ClH.Zr/c2*1-8-6-7-9(2)11-5-3-4-10(8)11;1-3-4-2;;;/h2*3-7H,1-2H3;1-4H2;2*1H;/q;;;;;+2/p-2. The van der Waals surface area contributed by atoms with E-state index in [0.29, 0.717) is 0 Å². The first kappa shape index (κ1) is 23.1. The fraction of sp³-hybridized carbons (Fsp3) is 0.385. The van der Waals surface area contributed by atoms with E-state index in [1.165, 1.54) is 35.1 Å². The van der Waals surface area contributed by atoms with Crippen molar-refractivity contribution < 1.29 is 45.1 Å². The SMILES string of the molecule is Cc1ccc(C)c2c1C=C[CH]2[Zr+2]1([CH]2C=Cc3c(C)ccc(C)c32)[CH2]CC[CH2]1.[Cl-].[Cl-]. The molecule has 0 aromatic heterocycles. The topological polar surface area (TPSA) is 0 Å². The minimum absolute atomic E-state index is 0. The predicted molar refractivity (Wildman–Crippen MR) is 114 cm³/mol. The van der Waals surface area contributed by atoms with Gasteiger partial charge in [-0.2, -0.15) is 0 Å². The molecule has 0 bridgehead atoms. The van der Waals surface area contributed by atoms with Crippen LogP contribution in [0.2, 0.25) is 8.26 Å². The van der Waals surface area contributed by atoms with Gasteiger partial charge in [-0.1, -0.05) is 0 Å². The Labute approximate surface area is 193 Å². The Morgan fingerprint density at radius 3 is 1.41 bits per heavy atom. The van der Waals surface area contributed by atoms with E-state index < -0.39 is 20.3 Å². The molecule has 0 spiro atoms. The summed E-state index contributed by atoms with van der Waals surface area (Å²) in [5.74, 6) is 0. The monoisotopic (exact) mass is 502 g/mol. The molecule has 2 atom stereocenters. The third-order valence-electron chi connectivity index (χ3n) is 7.75. The van der Waals surface area contributed by atoms with Gasteiger partial charge in [-0.05, 0) is 0 Å². The molecule has 1 heterocycles. The number of hydrogen-bond acceptors (Lipinski definition) is 0. The minimum atomic E-state index is -2.52. The van der Waals surface area contributed by atoms with Crippen LogP contribution in [0.25, 0.3) is 12.2 Å². The van der Waals surface area contributed by atoms with Crippen molar-refractivity contribution in [3.8, 4) is 0 Å². The maximum atomic E-state index is 2.64. The Morgan fingerprint density at radius 2 is 1.00 bits per heavy atom. The number of rotatable bonds is 2. The Kier molecular flexibility index (Phi) is 6.75. The predicted octanol–water partition coefficient (Wildman–Crippen LogP) is 1.55. The van der Waals surface area contributed by atoms with Crippen molar-refractivity contribution in [1.29, 1.82) is 0 Å². The van der Waals surface area contributed by atoms with Gasteiger partial charge in [-0.15, -0.1) is 0 Å². The molecule has 0 N–H and O–H groups in total. The molecule has 2 aliphatic carbocycles. The molecule has 2 aromatic carbocycles. The van der Waals surface area contributed by atoms with Crippen LogP contribution in [-0.4, -0.2) is 0 Å². The molecule has 1 aliphatic heterocycles. The van der Waals surface area contributed by atoms with Gasteiger partial charge in [0.05, 0.1) is 0 Å². The first-order chi connectivity index (χ1) is 13.0. The number of halogens is 2. The zero-order chi connectivity index (χ0) is 18.8. The molecule has 0 nitrogen and oxygen atoms in total. The second-order valence-electron chi connectivity index (χ2n) is 9.17. The van der Waals surface area contributed by atoms with Crippen LogP contribution >= 0.6 is 0 Å². The zero-order valence-electron chi connectivity index (χ0n) is 17.9. The number of fused-ring (bicyclic) bond motifs is 2. The van der Waals surface area contributed by atoms with E-state index >= 15 is 0 Å². The average molecular weight is 505 g/mol. The third kappa shape index (κ3) is 3.37. The van der Waals surface area contributed by atoms with Crippen molar-refractivity contribution in [3.63, 3.8) is 0 Å². The fourth-order valence-corrected chi connectivity index (χ4v) is 22.5. The largest absolute Gasteiger partial charge is 1.00 e. The van der Waals surface area contributed by atoms with Crippen LogP contribution in [-0.2, 0) is 20.3 Å². The average Bonchev–Trinajstić information content (AvgIpc) is 3.38. The first-order valence-corrected chi connectivity index (χ1v) is 16.9. The van der Waals surface area contributed by atoms with Gasteiger partial charge in [-0.25, -0.2) is 0 Å². The molecule has 152 valence electrons. The quantitative estimate of drug-likeness (QED) is 0.583. The Balaban J connectivity index is 0.00000120. The van der Waals surface area contributed by atoms with Gasteiger partial charge in [0.25, 0.3) is 0 Å². The minimum Gasteiger partial charge on any atom is -1.00 e. The van der Waals surface area contributed by atoms with Crippen molar-refractivity contribution in [1.82, 2.24) is 0 Å². The number of benzene rings is 2. The van der Waals surface area contributed by atoms with E-state index in [-0.39, 0.29) is 24.8 Å². The molecule has 5 rings (SSSR count). The Hall–Kier alpha value is -0.617. The first-order valence-electron chi connectivity index (χ1n) is 10.6. The Bertz CT molecular complexity index is 921. The third-order valence-corrected chi connectivity index (χ3v) is 22.5. The van der Waals surface area contributed by atoms with E-state index in [1.54, 1.807) is 30.5 Å². The van der Waals surface area contributed by atoms with Crippen LogP contribution < -0.4 is 24.8 Å². The summed E-state index contributed by atoms with van der Waals surface area (Å²) in [7, 11) is 0. The van der Waals surface area contributed by atoms with Gasteiger partial charge in [0.2, 0.25) is 0 Å². The molecular formula is C26H30Cl2Zr. The van der Waals surface area contributed by atoms with Crippen molar-refractivity contribution in [2.45, 2.75) is 56.0 Å². The summed E-state index contributed by atoms with van der Waals surface area (Å²) in [5.41, 5.74) is 12.5. The molecule has 2 aromatic rings. The molecular weight excluding hydrogens is 474 g/mol. The van der Waals surface area contributed by atoms with E-state index in [1.807, 2.05) is 0 Å². The van der Waals surface area contributed by atoms with Gasteiger partial charge in [-0.3, -0.25) is 0 Å². The van der Waals surface area contributed by atoms with Crippen LogP contribution in [0.4, 0.5) is 0 Å². The molecule has 29 heavy (non-hydrogen) atoms. The smallest absolute Gasteiger partial charge is 1.00 e. The maximum absolute atomic E-state index is 2.64. The van der Waals surface area contributed by atoms with Gasteiger partial charge in [0, 0.05) is 0 Å². The second-order valence-corrected chi connectivity index (χ2v) is 20.7. The summed E-state index contributed by atoms with van der Waals surface area (Å²) in [4.78, 5) is 0. The molecule has 2 unspecified atom stereocenters. The molecule has 3 heteroatoms. The molecule has 0 amide bonds. The van der Waals surface area contributed by atoms with Crippen LogP contribution in [0.15, 0.2) is 36.4 Å². The van der Waals surface area contributed by atoms with Crippen LogP contribution in [0.5, 0.6) is 0 Å². The van der Waals surface area contributed by atoms with E-state index in [4.69, 9.17) is 0 Å². The molecule has 0 radical (unpaired) electrons. The van der Waals surface area contributed by atoms with Gasteiger partial charge in [0.15, 0.2) is 0 Å². The number of aryl methyl sites for hydroxylation is 4. The molecule has 3 aliphatic rings. The molecule has 0 saturated carbocycles. The zero-order valence-corrected chi connectivity index (χ0v) is 21.8. The number of hydrogen-bond donors (Lipinski definition) is 0. The molecule has 1 fully saturated rings. The van der Waals surface area contributed by atoms with Gasteiger partial charge < -0.3 is 24.8 Å². The summed E-state index contributed by atoms with van der Waals surface area (Å²) in [6, 6.07) is 9.37. The van der Waals surface area contributed by atoms with Crippen molar-refractivity contribution in [2.24, 2.45) is 0 Å². The summed E-state index contributed by atoms with van der Waals surface area (Å²) in [5, 5.41) is 0. The van der Waals surface area contributed by atoms with Crippen LogP contribution in [0.3, 0.4) is 0 Å². The summed E-state index contributed by atoms with van der Waals surface area (Å²) in [6.07, 6.45) is 13.2.